The predicted molar refractivity (Wildman–Crippen MR) is 115 cm³/mol. The van der Waals surface area contributed by atoms with Gasteiger partial charge in [0.05, 0.1) is 15.4 Å². The number of amides is 1. The van der Waals surface area contributed by atoms with Crippen LogP contribution in [0, 0.1) is 13.8 Å². The molecular weight excluding hydrogens is 372 g/mol. The molecule has 1 amide bonds. The number of carbonyl (C=O) groups is 1. The number of thiophene rings is 1. The maximum atomic E-state index is 12.4. The van der Waals surface area contributed by atoms with Crippen LogP contribution in [-0.4, -0.2) is 10.9 Å². The monoisotopic (exact) mass is 390 g/mol. The summed E-state index contributed by atoms with van der Waals surface area (Å²) < 4.78 is 0. The van der Waals surface area contributed by atoms with Crippen LogP contribution in [0.2, 0.25) is 0 Å². The van der Waals surface area contributed by atoms with Gasteiger partial charge in [-0.25, -0.2) is 4.98 Å². The average molecular weight is 391 g/mol. The van der Waals surface area contributed by atoms with Gasteiger partial charge in [0.1, 0.15) is 0 Å². The van der Waals surface area contributed by atoms with Gasteiger partial charge in [0.25, 0.3) is 5.91 Å². The lowest BCUT2D eigenvalue weighted by Crippen LogP contribution is -2.09. The number of hydrogen-bond donors (Lipinski definition) is 1. The molecule has 0 unspecified atom stereocenters. The van der Waals surface area contributed by atoms with Crippen LogP contribution in [0.25, 0.3) is 21.7 Å². The Hall–Kier alpha value is -2.76. The molecule has 27 heavy (non-hydrogen) atoms. The molecule has 0 radical (unpaired) electrons. The summed E-state index contributed by atoms with van der Waals surface area (Å²) in [5, 5.41) is 5.46. The molecular formula is C22H18N2OS2. The minimum atomic E-state index is -0.120. The van der Waals surface area contributed by atoms with Crippen LogP contribution in [0.1, 0.15) is 20.8 Å². The van der Waals surface area contributed by atoms with E-state index in [1.165, 1.54) is 33.8 Å². The zero-order chi connectivity index (χ0) is 18.8. The molecule has 5 heteroatoms. The van der Waals surface area contributed by atoms with Gasteiger partial charge >= 0.3 is 0 Å². The van der Waals surface area contributed by atoms with Crippen LogP contribution >= 0.6 is 22.7 Å². The van der Waals surface area contributed by atoms with Crippen LogP contribution in [0.4, 0.5) is 5.13 Å². The van der Waals surface area contributed by atoms with E-state index in [0.717, 1.165) is 21.7 Å². The zero-order valence-electron chi connectivity index (χ0n) is 15.0. The highest BCUT2D eigenvalue weighted by molar-refractivity contribution is 7.19. The highest BCUT2D eigenvalue weighted by Gasteiger charge is 2.17. The lowest BCUT2D eigenvalue weighted by atomic mass is 10.0. The van der Waals surface area contributed by atoms with Gasteiger partial charge in [0, 0.05) is 5.56 Å². The minimum Gasteiger partial charge on any atom is -0.297 e. The Morgan fingerprint density at radius 1 is 0.926 bits per heavy atom. The molecule has 3 nitrogen and oxygen atoms in total. The number of anilines is 1. The van der Waals surface area contributed by atoms with Crippen LogP contribution in [0.15, 0.2) is 66.0 Å². The van der Waals surface area contributed by atoms with Gasteiger partial charge in [-0.15, -0.1) is 11.3 Å². The Bertz CT molecular complexity index is 1080. The largest absolute Gasteiger partial charge is 0.297 e. The summed E-state index contributed by atoms with van der Waals surface area (Å²) in [5.41, 5.74) is 5.55. The molecule has 0 atom stereocenters. The van der Waals surface area contributed by atoms with Crippen molar-refractivity contribution in [3.8, 4) is 21.7 Å². The van der Waals surface area contributed by atoms with E-state index in [-0.39, 0.29) is 5.91 Å². The second-order valence-corrected chi connectivity index (χ2v) is 8.24. The van der Waals surface area contributed by atoms with Gasteiger partial charge in [-0.05, 0) is 42.0 Å². The van der Waals surface area contributed by atoms with Crippen molar-refractivity contribution in [3.05, 3.63) is 82.0 Å². The third kappa shape index (κ3) is 3.70. The number of thiazole rings is 1. The van der Waals surface area contributed by atoms with Crippen molar-refractivity contribution in [2.45, 2.75) is 13.8 Å². The zero-order valence-corrected chi connectivity index (χ0v) is 16.7. The summed E-state index contributed by atoms with van der Waals surface area (Å²) in [7, 11) is 0. The van der Waals surface area contributed by atoms with Gasteiger partial charge in [0.15, 0.2) is 5.13 Å². The number of hydrogen-bond acceptors (Lipinski definition) is 4. The second-order valence-electron chi connectivity index (χ2n) is 6.29. The normalized spacial score (nSPS) is 10.7. The molecule has 0 aliphatic rings. The fraction of sp³-hybridized carbons (Fsp3) is 0.0909. The molecule has 0 spiro atoms. The summed E-state index contributed by atoms with van der Waals surface area (Å²) in [6.45, 7) is 4.22. The van der Waals surface area contributed by atoms with Gasteiger partial charge < -0.3 is 0 Å². The van der Waals surface area contributed by atoms with Crippen LogP contribution < -0.4 is 5.32 Å². The number of nitrogens with one attached hydrogen (secondary N) is 1. The Kier molecular flexibility index (Phi) is 4.88. The summed E-state index contributed by atoms with van der Waals surface area (Å²) in [6, 6.07) is 20.2. The molecule has 0 aliphatic heterocycles. The van der Waals surface area contributed by atoms with Crippen molar-refractivity contribution >= 4 is 33.7 Å². The van der Waals surface area contributed by atoms with Gasteiger partial charge in [-0.3, -0.25) is 10.1 Å². The van der Waals surface area contributed by atoms with Crippen LogP contribution in [0.5, 0.6) is 0 Å². The van der Waals surface area contributed by atoms with Crippen molar-refractivity contribution in [3.63, 3.8) is 0 Å². The number of benzene rings is 2. The summed E-state index contributed by atoms with van der Waals surface area (Å²) >= 11 is 2.93. The second kappa shape index (κ2) is 7.47. The fourth-order valence-electron chi connectivity index (χ4n) is 2.81. The van der Waals surface area contributed by atoms with Gasteiger partial charge in [0.2, 0.25) is 0 Å². The van der Waals surface area contributed by atoms with Crippen molar-refractivity contribution in [1.29, 1.82) is 0 Å². The highest BCUT2D eigenvalue weighted by atomic mass is 32.1. The topological polar surface area (TPSA) is 42.0 Å². The maximum Gasteiger partial charge on any atom is 0.267 e. The van der Waals surface area contributed by atoms with E-state index in [2.05, 4.69) is 37.4 Å². The van der Waals surface area contributed by atoms with E-state index < -0.39 is 0 Å². The SMILES string of the molecule is Cc1ccc(-c2sc(NC(=O)c3cccs3)nc2-c2ccccc2)cc1C. The van der Waals surface area contributed by atoms with E-state index in [1.54, 1.807) is 0 Å². The van der Waals surface area contributed by atoms with Crippen molar-refractivity contribution in [2.75, 3.05) is 5.32 Å². The molecule has 2 heterocycles. The summed E-state index contributed by atoms with van der Waals surface area (Å²) in [6.07, 6.45) is 0. The van der Waals surface area contributed by atoms with Crippen molar-refractivity contribution < 1.29 is 4.79 Å². The van der Waals surface area contributed by atoms with Gasteiger partial charge in [-0.2, -0.15) is 0 Å². The molecule has 1 N–H and O–H groups in total. The maximum absolute atomic E-state index is 12.4. The third-order valence-corrected chi connectivity index (χ3v) is 6.30. The molecule has 0 aliphatic carbocycles. The number of carbonyl (C=O) groups excluding carboxylic acids is 1. The van der Waals surface area contributed by atoms with E-state index in [9.17, 15) is 4.79 Å². The molecule has 0 bridgehead atoms. The number of aryl methyl sites for hydroxylation is 2. The van der Waals surface area contributed by atoms with E-state index in [0.29, 0.717) is 10.0 Å². The first-order valence-corrected chi connectivity index (χ1v) is 10.3. The standard InChI is InChI=1S/C22H18N2OS2/c1-14-10-11-17(13-15(14)2)20-19(16-7-4-3-5-8-16)23-22(27-20)24-21(25)18-9-6-12-26-18/h3-13H,1-2H3,(H,23,24,25). The number of rotatable bonds is 4. The molecule has 4 aromatic rings. The van der Waals surface area contributed by atoms with Crippen LogP contribution in [-0.2, 0) is 0 Å². The van der Waals surface area contributed by atoms with Crippen molar-refractivity contribution in [2.24, 2.45) is 0 Å². The molecule has 2 aromatic carbocycles. The van der Waals surface area contributed by atoms with E-state index in [4.69, 9.17) is 4.98 Å². The third-order valence-electron chi connectivity index (χ3n) is 4.41. The Morgan fingerprint density at radius 3 is 2.44 bits per heavy atom. The smallest absolute Gasteiger partial charge is 0.267 e. The Labute approximate surface area is 166 Å². The molecule has 2 aromatic heterocycles. The van der Waals surface area contributed by atoms with E-state index in [1.807, 2.05) is 47.8 Å². The fourth-order valence-corrected chi connectivity index (χ4v) is 4.41. The number of aromatic nitrogens is 1. The molecule has 134 valence electrons. The highest BCUT2D eigenvalue weighted by Crippen LogP contribution is 2.39. The summed E-state index contributed by atoms with van der Waals surface area (Å²) in [4.78, 5) is 18.9. The lowest BCUT2D eigenvalue weighted by Gasteiger charge is -2.05. The Balaban J connectivity index is 1.77. The first kappa shape index (κ1) is 17.6. The Morgan fingerprint density at radius 2 is 1.74 bits per heavy atom. The lowest BCUT2D eigenvalue weighted by molar-refractivity contribution is 0.103. The minimum absolute atomic E-state index is 0.120. The molecule has 0 saturated heterocycles. The quantitative estimate of drug-likeness (QED) is 0.437. The summed E-state index contributed by atoms with van der Waals surface area (Å²) in [5.74, 6) is -0.120. The molecule has 4 rings (SSSR count). The predicted octanol–water partition coefficient (Wildman–Crippen LogP) is 6.41. The van der Waals surface area contributed by atoms with E-state index >= 15 is 0 Å². The first-order valence-electron chi connectivity index (χ1n) is 8.60. The first-order chi connectivity index (χ1) is 13.1. The average Bonchev–Trinajstić information content (AvgIpc) is 3.35. The molecule has 0 saturated carbocycles. The van der Waals surface area contributed by atoms with Gasteiger partial charge in [-0.1, -0.05) is 65.9 Å². The van der Waals surface area contributed by atoms with Crippen LogP contribution in [0.3, 0.4) is 0 Å². The molecule has 0 fully saturated rings. The van der Waals surface area contributed by atoms with Crippen molar-refractivity contribution in [1.82, 2.24) is 4.98 Å². The number of nitrogens with zero attached hydrogens (tertiary/aromatic N) is 1.